The van der Waals surface area contributed by atoms with Crippen LogP contribution in [0.15, 0.2) is 36.5 Å². The zero-order chi connectivity index (χ0) is 24.7. The van der Waals surface area contributed by atoms with Crippen LogP contribution >= 0.6 is 11.6 Å². The molecule has 0 bridgehead atoms. The quantitative estimate of drug-likeness (QED) is 0.532. The maximum atomic E-state index is 13.8. The van der Waals surface area contributed by atoms with Crippen molar-refractivity contribution in [1.82, 2.24) is 19.5 Å². The number of aromatic nitrogens is 3. The van der Waals surface area contributed by atoms with E-state index in [0.717, 1.165) is 0 Å². The number of hydrogen-bond donors (Lipinski definition) is 2. The molecule has 2 aliphatic rings. The average Bonchev–Trinajstić information content (AvgIpc) is 3.24. The van der Waals surface area contributed by atoms with Crippen LogP contribution in [0.25, 0.3) is 5.65 Å². The molecule has 2 fully saturated rings. The molecule has 1 aromatic carbocycles. The molecule has 1 unspecified atom stereocenters. The van der Waals surface area contributed by atoms with Gasteiger partial charge in [-0.25, -0.2) is 8.91 Å². The normalized spacial score (nSPS) is 24.9. The highest BCUT2D eigenvalue weighted by molar-refractivity contribution is 6.30. The number of nitrogens with zero attached hydrogens (tertiary/aromatic N) is 4. The van der Waals surface area contributed by atoms with Crippen molar-refractivity contribution in [3.8, 4) is 5.75 Å². The van der Waals surface area contributed by atoms with E-state index in [0.29, 0.717) is 53.5 Å². The first-order valence-corrected chi connectivity index (χ1v) is 11.8. The molecule has 0 radical (unpaired) electrons. The molecule has 1 spiro atoms. The van der Waals surface area contributed by atoms with Crippen LogP contribution in [0, 0.1) is 0 Å². The second-order valence-corrected chi connectivity index (χ2v) is 9.67. The number of alkyl halides is 1. The van der Waals surface area contributed by atoms with E-state index in [4.69, 9.17) is 21.1 Å². The second-order valence-electron chi connectivity index (χ2n) is 9.23. The average molecular weight is 504 g/mol. The number of anilines is 1. The molecule has 3 heterocycles. The van der Waals surface area contributed by atoms with Gasteiger partial charge in [-0.05, 0) is 43.5 Å². The number of halogens is 2. The van der Waals surface area contributed by atoms with Gasteiger partial charge >= 0.3 is 0 Å². The van der Waals surface area contributed by atoms with E-state index < -0.39 is 24.4 Å². The fourth-order valence-electron chi connectivity index (χ4n) is 4.86. The standard InChI is InChI=1S/C24H27ClFN5O4/c1-14-11-30(24(13-35-14)8-18(32)9-24)22(33)16-7-20(34-2)21-28-23(29-31(21)12-16)27-19(10-26)15-4-3-5-17(25)6-15/h3-7,12,14,18-19,32H,8-11,13H2,1-2H3,(H,27,29)/t14-,18?,19?,24?/m1/s1. The number of pyridine rings is 1. The van der Waals surface area contributed by atoms with Crippen LogP contribution in [-0.4, -0.2) is 75.2 Å². The van der Waals surface area contributed by atoms with Crippen LogP contribution in [0.3, 0.4) is 0 Å². The van der Waals surface area contributed by atoms with Crippen molar-refractivity contribution < 1.29 is 23.8 Å². The van der Waals surface area contributed by atoms with Gasteiger partial charge in [-0.1, -0.05) is 23.7 Å². The maximum absolute atomic E-state index is 13.8. The van der Waals surface area contributed by atoms with Crippen molar-refractivity contribution in [3.63, 3.8) is 0 Å². The Morgan fingerprint density at radius 1 is 1.43 bits per heavy atom. The Morgan fingerprint density at radius 2 is 2.23 bits per heavy atom. The van der Waals surface area contributed by atoms with Gasteiger partial charge in [-0.2, -0.15) is 4.98 Å². The molecule has 1 saturated carbocycles. The lowest BCUT2D eigenvalue weighted by Gasteiger charge is -2.55. The van der Waals surface area contributed by atoms with Gasteiger partial charge in [-0.15, -0.1) is 5.10 Å². The Balaban J connectivity index is 1.45. The maximum Gasteiger partial charge on any atom is 0.256 e. The molecular formula is C24H27ClFN5O4. The molecule has 1 amide bonds. The van der Waals surface area contributed by atoms with Crippen LogP contribution in [0.4, 0.5) is 10.3 Å². The zero-order valence-corrected chi connectivity index (χ0v) is 20.2. The topological polar surface area (TPSA) is 101 Å². The molecule has 1 saturated heterocycles. The van der Waals surface area contributed by atoms with Crippen molar-refractivity contribution in [1.29, 1.82) is 0 Å². The highest BCUT2D eigenvalue weighted by Crippen LogP contribution is 2.42. The Morgan fingerprint density at radius 3 is 2.91 bits per heavy atom. The summed E-state index contributed by atoms with van der Waals surface area (Å²) < 4.78 is 26.6. The van der Waals surface area contributed by atoms with E-state index >= 15 is 0 Å². The fraction of sp³-hybridized carbons (Fsp3) is 0.458. The number of ether oxygens (including phenoxy) is 2. The highest BCUT2D eigenvalue weighted by Gasteiger charge is 2.53. The van der Waals surface area contributed by atoms with Gasteiger partial charge in [0.25, 0.3) is 5.91 Å². The molecule has 2 N–H and O–H groups in total. The summed E-state index contributed by atoms with van der Waals surface area (Å²) in [7, 11) is 1.49. The molecule has 2 aromatic heterocycles. The molecule has 35 heavy (non-hydrogen) atoms. The Hall–Kier alpha value is -2.95. The molecular weight excluding hydrogens is 477 g/mol. The van der Waals surface area contributed by atoms with Crippen LogP contribution < -0.4 is 10.1 Å². The van der Waals surface area contributed by atoms with Gasteiger partial charge in [0.15, 0.2) is 11.4 Å². The SMILES string of the molecule is COc1cc(C(=O)N2C[C@@H](C)OCC23CC(O)C3)cn2nc(NC(CF)c3cccc(Cl)c3)nc12. The molecule has 1 aliphatic heterocycles. The molecule has 3 aromatic rings. The Bertz CT molecular complexity index is 1250. The molecule has 1 aliphatic carbocycles. The number of benzene rings is 1. The molecule has 9 nitrogen and oxygen atoms in total. The molecule has 11 heteroatoms. The first kappa shape index (κ1) is 23.8. The van der Waals surface area contributed by atoms with Gasteiger partial charge in [0, 0.05) is 17.8 Å². The largest absolute Gasteiger partial charge is 0.493 e. The van der Waals surface area contributed by atoms with Crippen LogP contribution in [0.5, 0.6) is 5.75 Å². The van der Waals surface area contributed by atoms with E-state index in [2.05, 4.69) is 15.4 Å². The summed E-state index contributed by atoms with van der Waals surface area (Å²) in [6.45, 7) is 2.04. The lowest BCUT2D eigenvalue weighted by molar-refractivity contribution is -0.154. The summed E-state index contributed by atoms with van der Waals surface area (Å²) in [5.74, 6) is 0.354. The van der Waals surface area contributed by atoms with Crippen molar-refractivity contribution in [2.75, 3.05) is 32.3 Å². The van der Waals surface area contributed by atoms with Crippen molar-refractivity contribution in [2.24, 2.45) is 0 Å². The summed E-state index contributed by atoms with van der Waals surface area (Å²) in [4.78, 5) is 19.9. The third-order valence-electron chi connectivity index (χ3n) is 6.70. The highest BCUT2D eigenvalue weighted by atomic mass is 35.5. The molecule has 186 valence electrons. The minimum atomic E-state index is -0.696. The lowest BCUT2D eigenvalue weighted by atomic mass is 9.72. The number of morpholine rings is 1. The van der Waals surface area contributed by atoms with Gasteiger partial charge in [0.05, 0.1) is 43.1 Å². The predicted octanol–water partition coefficient (Wildman–Crippen LogP) is 3.27. The molecule has 5 rings (SSSR count). The summed E-state index contributed by atoms with van der Waals surface area (Å²) >= 11 is 6.06. The minimum absolute atomic E-state index is 0.112. The lowest BCUT2D eigenvalue weighted by Crippen LogP contribution is -2.68. The number of rotatable bonds is 6. The number of fused-ring (bicyclic) bond motifs is 1. The van der Waals surface area contributed by atoms with E-state index in [1.165, 1.54) is 11.6 Å². The van der Waals surface area contributed by atoms with Gasteiger partial charge in [-0.3, -0.25) is 4.79 Å². The van der Waals surface area contributed by atoms with E-state index in [9.17, 15) is 14.3 Å². The number of nitrogens with one attached hydrogen (secondary N) is 1. The summed E-state index contributed by atoms with van der Waals surface area (Å²) in [5.41, 5.74) is 0.916. The van der Waals surface area contributed by atoms with Crippen molar-refractivity contribution in [3.05, 3.63) is 52.7 Å². The fourth-order valence-corrected chi connectivity index (χ4v) is 5.06. The van der Waals surface area contributed by atoms with E-state index in [-0.39, 0.29) is 18.0 Å². The zero-order valence-electron chi connectivity index (χ0n) is 19.4. The number of aliphatic hydroxyl groups excluding tert-OH is 1. The number of methoxy groups -OCH3 is 1. The minimum Gasteiger partial charge on any atom is -0.493 e. The monoisotopic (exact) mass is 503 g/mol. The van der Waals surface area contributed by atoms with E-state index in [1.54, 1.807) is 41.4 Å². The number of amides is 1. The molecule has 2 atom stereocenters. The van der Waals surface area contributed by atoms with Gasteiger partial charge in [0.2, 0.25) is 5.95 Å². The Kier molecular flexibility index (Phi) is 6.29. The predicted molar refractivity (Wildman–Crippen MR) is 128 cm³/mol. The third kappa shape index (κ3) is 4.41. The first-order chi connectivity index (χ1) is 16.8. The van der Waals surface area contributed by atoms with Gasteiger partial charge in [0.1, 0.15) is 6.67 Å². The second kappa shape index (κ2) is 9.25. The van der Waals surface area contributed by atoms with Crippen LogP contribution in [-0.2, 0) is 4.74 Å². The summed E-state index contributed by atoms with van der Waals surface area (Å²) in [5, 5.41) is 17.9. The van der Waals surface area contributed by atoms with E-state index in [1.807, 2.05) is 6.92 Å². The third-order valence-corrected chi connectivity index (χ3v) is 6.94. The van der Waals surface area contributed by atoms with Crippen LogP contribution in [0.1, 0.15) is 41.7 Å². The van der Waals surface area contributed by atoms with Crippen molar-refractivity contribution in [2.45, 2.75) is 43.6 Å². The number of aliphatic hydroxyl groups is 1. The summed E-state index contributed by atoms with van der Waals surface area (Å²) in [6, 6.07) is 7.85. The smallest absolute Gasteiger partial charge is 0.256 e. The van der Waals surface area contributed by atoms with Crippen LogP contribution in [0.2, 0.25) is 5.02 Å². The number of carbonyl (C=O) groups excluding carboxylic acids is 1. The first-order valence-electron chi connectivity index (χ1n) is 11.5. The number of carbonyl (C=O) groups is 1. The Labute approximate surface area is 206 Å². The van der Waals surface area contributed by atoms with Crippen molar-refractivity contribution >= 4 is 29.1 Å². The number of hydrogen-bond acceptors (Lipinski definition) is 7. The van der Waals surface area contributed by atoms with Gasteiger partial charge < -0.3 is 24.8 Å². The summed E-state index contributed by atoms with van der Waals surface area (Å²) in [6.07, 6.45) is 2.00.